The fourth-order valence-electron chi connectivity index (χ4n) is 3.60. The Morgan fingerprint density at radius 2 is 1.79 bits per heavy atom. The van der Waals surface area contributed by atoms with Gasteiger partial charge in [-0.3, -0.25) is 0 Å². The molecule has 28 heavy (non-hydrogen) atoms. The third kappa shape index (κ3) is 3.72. The van der Waals surface area contributed by atoms with Crippen LogP contribution in [0, 0.1) is 0 Å². The van der Waals surface area contributed by atoms with Crippen molar-refractivity contribution in [2.24, 2.45) is 0 Å². The van der Waals surface area contributed by atoms with Crippen molar-refractivity contribution in [3.8, 4) is 11.3 Å². The van der Waals surface area contributed by atoms with Crippen LogP contribution < -0.4 is 4.90 Å². The molecule has 0 radical (unpaired) electrons. The molecule has 0 spiro atoms. The topological polar surface area (TPSA) is 66.4 Å². The van der Waals surface area contributed by atoms with E-state index in [-0.39, 0.29) is 5.03 Å². The van der Waals surface area contributed by atoms with Gasteiger partial charge < -0.3 is 9.80 Å². The van der Waals surface area contributed by atoms with Crippen molar-refractivity contribution in [1.29, 1.82) is 0 Å². The number of fused-ring (bicyclic) bond motifs is 1. The maximum atomic E-state index is 11.7. The summed E-state index contributed by atoms with van der Waals surface area (Å²) in [6.45, 7) is 7.21. The summed E-state index contributed by atoms with van der Waals surface area (Å²) in [5, 5.41) is 2.33. The van der Waals surface area contributed by atoms with Gasteiger partial charge in [-0.1, -0.05) is 31.2 Å². The highest BCUT2D eigenvalue weighted by Crippen LogP contribution is 2.30. The number of anilines is 1. The molecule has 0 amide bonds. The summed E-state index contributed by atoms with van der Waals surface area (Å²) in [6, 6.07) is 13.6. The molecule has 0 N–H and O–H groups in total. The van der Waals surface area contributed by atoms with Gasteiger partial charge in [0, 0.05) is 49.6 Å². The van der Waals surface area contributed by atoms with Crippen molar-refractivity contribution in [3.05, 3.63) is 48.7 Å². The zero-order valence-corrected chi connectivity index (χ0v) is 17.0. The third-order valence-electron chi connectivity index (χ3n) is 5.25. The minimum absolute atomic E-state index is 0.0768. The molecule has 1 aromatic carbocycles. The smallest absolute Gasteiger partial charge is 0.192 e. The number of benzene rings is 1. The molecule has 146 valence electrons. The van der Waals surface area contributed by atoms with Crippen LogP contribution in [0.15, 0.2) is 53.7 Å². The third-order valence-corrected chi connectivity index (χ3v) is 6.25. The van der Waals surface area contributed by atoms with E-state index in [0.717, 1.165) is 66.8 Å². The van der Waals surface area contributed by atoms with Crippen LogP contribution in [0.2, 0.25) is 0 Å². The largest absolute Gasteiger partial charge is 0.354 e. The monoisotopic (exact) mass is 396 g/mol. The molecule has 7 heteroatoms. The average molecular weight is 397 g/mol. The molecule has 3 heterocycles. The normalized spacial score (nSPS) is 15.9. The van der Waals surface area contributed by atoms with E-state index in [1.54, 1.807) is 18.3 Å². The lowest BCUT2D eigenvalue weighted by atomic mass is 10.1. The minimum atomic E-state index is -3.31. The zero-order chi connectivity index (χ0) is 19.7. The van der Waals surface area contributed by atoms with E-state index < -0.39 is 9.84 Å². The number of piperazine rings is 1. The molecular weight excluding hydrogens is 372 g/mol. The molecule has 1 aliphatic rings. The molecule has 0 atom stereocenters. The minimum Gasteiger partial charge on any atom is -0.354 e. The molecule has 0 saturated carbocycles. The van der Waals surface area contributed by atoms with Gasteiger partial charge in [-0.25, -0.2) is 18.4 Å². The van der Waals surface area contributed by atoms with Gasteiger partial charge >= 0.3 is 0 Å². The van der Waals surface area contributed by atoms with Gasteiger partial charge in [0.15, 0.2) is 14.9 Å². The first-order valence-electron chi connectivity index (χ1n) is 9.49. The number of aromatic nitrogens is 2. The van der Waals surface area contributed by atoms with E-state index >= 15 is 0 Å². The molecule has 0 bridgehead atoms. The van der Waals surface area contributed by atoms with Gasteiger partial charge in [0.1, 0.15) is 5.82 Å². The first-order valence-corrected chi connectivity index (χ1v) is 11.4. The van der Waals surface area contributed by atoms with E-state index in [1.807, 2.05) is 18.2 Å². The van der Waals surface area contributed by atoms with E-state index in [0.29, 0.717) is 0 Å². The number of rotatable bonds is 4. The van der Waals surface area contributed by atoms with E-state index in [1.165, 1.54) is 0 Å². The van der Waals surface area contributed by atoms with Crippen molar-refractivity contribution in [1.82, 2.24) is 14.9 Å². The fraction of sp³-hybridized carbons (Fsp3) is 0.333. The quantitative estimate of drug-likeness (QED) is 0.676. The van der Waals surface area contributed by atoms with Gasteiger partial charge in [0.05, 0.1) is 5.69 Å². The Labute approximate surface area is 165 Å². The number of likely N-dealkylation sites (N-methyl/N-ethyl adjacent to an activating group) is 1. The van der Waals surface area contributed by atoms with Crippen LogP contribution >= 0.6 is 0 Å². The summed E-state index contributed by atoms with van der Waals surface area (Å²) in [7, 11) is -3.31. The Hall–Kier alpha value is -2.51. The first kappa shape index (κ1) is 18.8. The summed E-state index contributed by atoms with van der Waals surface area (Å²) in [5.41, 5.74) is 1.62. The van der Waals surface area contributed by atoms with Crippen molar-refractivity contribution >= 4 is 26.4 Å². The Kier molecular flexibility index (Phi) is 5.03. The van der Waals surface area contributed by atoms with Crippen LogP contribution in [-0.2, 0) is 9.84 Å². The molecule has 2 aromatic heterocycles. The Balaban J connectivity index is 1.76. The molecule has 6 nitrogen and oxygen atoms in total. The van der Waals surface area contributed by atoms with E-state index in [9.17, 15) is 8.42 Å². The molecular formula is C21H24N4O2S. The summed E-state index contributed by atoms with van der Waals surface area (Å²) >= 11 is 0. The predicted octanol–water partition coefficient (Wildman–Crippen LogP) is 2.84. The highest BCUT2D eigenvalue weighted by atomic mass is 32.2. The number of pyridine rings is 2. The Bertz CT molecular complexity index is 1090. The van der Waals surface area contributed by atoms with Crippen molar-refractivity contribution in [2.45, 2.75) is 11.9 Å². The number of nitrogens with zero attached hydrogens (tertiary/aromatic N) is 4. The summed E-state index contributed by atoms with van der Waals surface area (Å²) < 4.78 is 23.4. The standard InChI is InChI=1S/C21H24N4O2S/c1-3-24-10-12-25(13-11-24)21-18-7-5-4-6-16(18)14-19(23-21)17-8-9-20(22-15-17)28(2,26)27/h4-9,14-15H,3,10-13H2,1-2H3. The molecule has 1 saturated heterocycles. The van der Waals surface area contributed by atoms with Crippen LogP contribution in [0.5, 0.6) is 0 Å². The number of sulfone groups is 1. The average Bonchev–Trinajstić information content (AvgIpc) is 2.72. The molecule has 1 fully saturated rings. The van der Waals surface area contributed by atoms with Crippen molar-refractivity contribution < 1.29 is 8.42 Å². The van der Waals surface area contributed by atoms with Gasteiger partial charge in [-0.2, -0.15) is 0 Å². The Morgan fingerprint density at radius 1 is 1.04 bits per heavy atom. The summed E-state index contributed by atoms with van der Waals surface area (Å²) in [4.78, 5) is 13.9. The molecule has 3 aromatic rings. The van der Waals surface area contributed by atoms with E-state index in [4.69, 9.17) is 4.98 Å². The Morgan fingerprint density at radius 3 is 2.43 bits per heavy atom. The number of hydrogen-bond acceptors (Lipinski definition) is 6. The summed E-state index contributed by atoms with van der Waals surface area (Å²) in [6.07, 6.45) is 2.75. The lowest BCUT2D eigenvalue weighted by molar-refractivity contribution is 0.271. The van der Waals surface area contributed by atoms with Gasteiger partial charge in [0.25, 0.3) is 0 Å². The zero-order valence-electron chi connectivity index (χ0n) is 16.2. The highest BCUT2D eigenvalue weighted by Gasteiger charge is 2.20. The number of hydrogen-bond donors (Lipinski definition) is 0. The highest BCUT2D eigenvalue weighted by molar-refractivity contribution is 7.90. The van der Waals surface area contributed by atoms with Crippen LogP contribution in [0.1, 0.15) is 6.92 Å². The lowest BCUT2D eigenvalue weighted by Gasteiger charge is -2.35. The summed E-state index contributed by atoms with van der Waals surface area (Å²) in [5.74, 6) is 0.982. The predicted molar refractivity (Wildman–Crippen MR) is 112 cm³/mol. The maximum Gasteiger partial charge on any atom is 0.192 e. The van der Waals surface area contributed by atoms with Crippen LogP contribution in [0.25, 0.3) is 22.0 Å². The van der Waals surface area contributed by atoms with Gasteiger partial charge in [-0.15, -0.1) is 0 Å². The second-order valence-electron chi connectivity index (χ2n) is 7.13. The van der Waals surface area contributed by atoms with E-state index in [2.05, 4.69) is 33.8 Å². The van der Waals surface area contributed by atoms with Crippen molar-refractivity contribution in [2.75, 3.05) is 43.9 Å². The molecule has 4 rings (SSSR count). The van der Waals surface area contributed by atoms with Crippen LogP contribution in [0.4, 0.5) is 5.82 Å². The van der Waals surface area contributed by atoms with Crippen LogP contribution in [0.3, 0.4) is 0 Å². The maximum absolute atomic E-state index is 11.7. The first-order chi connectivity index (χ1) is 13.5. The second-order valence-corrected chi connectivity index (χ2v) is 9.09. The molecule has 0 unspecified atom stereocenters. The van der Waals surface area contributed by atoms with Crippen molar-refractivity contribution in [3.63, 3.8) is 0 Å². The van der Waals surface area contributed by atoms with Crippen LogP contribution in [-0.4, -0.2) is 62.3 Å². The molecule has 0 aliphatic carbocycles. The van der Waals surface area contributed by atoms with Gasteiger partial charge in [-0.05, 0) is 30.1 Å². The van der Waals surface area contributed by atoms with Gasteiger partial charge in [0.2, 0.25) is 0 Å². The lowest BCUT2D eigenvalue weighted by Crippen LogP contribution is -2.46. The SMILES string of the molecule is CCN1CCN(c2nc(-c3ccc(S(C)(=O)=O)nc3)cc3ccccc23)CC1. The molecule has 1 aliphatic heterocycles. The second kappa shape index (κ2) is 7.48. The fourth-order valence-corrected chi connectivity index (χ4v) is 4.16.